The van der Waals surface area contributed by atoms with Crippen molar-refractivity contribution in [1.29, 1.82) is 0 Å². The number of hydrogen-bond donors (Lipinski definition) is 1. The Balaban J connectivity index is 2.41. The third-order valence-corrected chi connectivity index (χ3v) is 3.27. The van der Waals surface area contributed by atoms with Crippen molar-refractivity contribution in [2.24, 2.45) is 0 Å². The fourth-order valence-electron chi connectivity index (χ4n) is 1.93. The van der Waals surface area contributed by atoms with Gasteiger partial charge in [0.15, 0.2) is 5.82 Å². The van der Waals surface area contributed by atoms with Crippen LogP contribution in [-0.2, 0) is 11.3 Å². The lowest BCUT2D eigenvalue weighted by atomic mass is 10.0. The maximum Gasteiger partial charge on any atom is 0.157 e. The molecule has 0 atom stereocenters. The van der Waals surface area contributed by atoms with Crippen LogP contribution in [0, 0.1) is 13.8 Å². The lowest BCUT2D eigenvalue weighted by Crippen LogP contribution is -2.04. The van der Waals surface area contributed by atoms with Crippen molar-refractivity contribution in [3.8, 4) is 11.3 Å². The molecular weight excluding hydrogens is 250 g/mol. The van der Waals surface area contributed by atoms with Crippen LogP contribution in [0.25, 0.3) is 11.3 Å². The molecule has 0 aliphatic rings. The van der Waals surface area contributed by atoms with Gasteiger partial charge in [-0.05, 0) is 38.0 Å². The van der Waals surface area contributed by atoms with Crippen LogP contribution in [-0.4, -0.2) is 23.6 Å². The molecule has 20 heavy (non-hydrogen) atoms. The van der Waals surface area contributed by atoms with Crippen LogP contribution in [0.4, 0.5) is 5.82 Å². The molecule has 1 aromatic carbocycles. The van der Waals surface area contributed by atoms with E-state index in [2.05, 4.69) is 47.3 Å². The summed E-state index contributed by atoms with van der Waals surface area (Å²) in [5.74, 6) is 1.51. The van der Waals surface area contributed by atoms with Crippen LogP contribution in [0.5, 0.6) is 0 Å². The lowest BCUT2D eigenvalue weighted by molar-refractivity contribution is 0.128. The molecule has 0 fully saturated rings. The van der Waals surface area contributed by atoms with E-state index in [0.717, 1.165) is 17.1 Å². The zero-order chi connectivity index (χ0) is 14.5. The third kappa shape index (κ3) is 3.33. The predicted molar refractivity (Wildman–Crippen MR) is 81.8 cm³/mol. The van der Waals surface area contributed by atoms with Gasteiger partial charge in [0, 0.05) is 25.3 Å². The van der Waals surface area contributed by atoms with E-state index >= 15 is 0 Å². The Kier molecular flexibility index (Phi) is 4.69. The molecule has 0 radical (unpaired) electrons. The van der Waals surface area contributed by atoms with Gasteiger partial charge in [-0.25, -0.2) is 9.97 Å². The van der Waals surface area contributed by atoms with Crippen molar-refractivity contribution in [3.05, 3.63) is 41.2 Å². The van der Waals surface area contributed by atoms with Crippen molar-refractivity contribution in [3.63, 3.8) is 0 Å². The monoisotopic (exact) mass is 271 g/mol. The number of benzene rings is 1. The minimum absolute atomic E-state index is 0.434. The highest BCUT2D eigenvalue weighted by Gasteiger charge is 2.07. The number of ether oxygens (including phenoxy) is 1. The summed E-state index contributed by atoms with van der Waals surface area (Å²) in [7, 11) is 1.86. The van der Waals surface area contributed by atoms with Gasteiger partial charge in [0.05, 0.1) is 5.69 Å². The topological polar surface area (TPSA) is 47.0 Å². The van der Waals surface area contributed by atoms with Crippen LogP contribution < -0.4 is 5.32 Å². The van der Waals surface area contributed by atoms with E-state index < -0.39 is 0 Å². The molecule has 0 amide bonds. The van der Waals surface area contributed by atoms with Gasteiger partial charge in [0.1, 0.15) is 12.4 Å². The first-order valence-electron chi connectivity index (χ1n) is 6.85. The van der Waals surface area contributed by atoms with Gasteiger partial charge in [0.2, 0.25) is 0 Å². The molecule has 1 N–H and O–H groups in total. The van der Waals surface area contributed by atoms with E-state index in [1.54, 1.807) is 0 Å². The molecule has 106 valence electrons. The minimum Gasteiger partial charge on any atom is -0.374 e. The molecule has 4 heteroatoms. The fraction of sp³-hybridized carbons (Fsp3) is 0.375. The summed E-state index contributed by atoms with van der Waals surface area (Å²) in [6.07, 6.45) is 0. The van der Waals surface area contributed by atoms with Crippen LogP contribution in [0.15, 0.2) is 24.3 Å². The first kappa shape index (κ1) is 14.5. The Morgan fingerprint density at radius 2 is 1.90 bits per heavy atom. The second-order valence-corrected chi connectivity index (χ2v) is 4.74. The van der Waals surface area contributed by atoms with Gasteiger partial charge in [-0.3, -0.25) is 0 Å². The molecule has 0 unspecified atom stereocenters. The molecule has 2 aromatic rings. The van der Waals surface area contributed by atoms with Crippen LogP contribution >= 0.6 is 0 Å². The quantitative estimate of drug-likeness (QED) is 0.906. The Labute approximate surface area is 120 Å². The molecule has 0 bridgehead atoms. The number of aromatic nitrogens is 2. The van der Waals surface area contributed by atoms with Crippen molar-refractivity contribution in [2.45, 2.75) is 27.4 Å². The van der Waals surface area contributed by atoms with Crippen LogP contribution in [0.1, 0.15) is 23.9 Å². The summed E-state index contributed by atoms with van der Waals surface area (Å²) in [5.41, 5.74) is 4.57. The van der Waals surface area contributed by atoms with Gasteiger partial charge >= 0.3 is 0 Å². The Hall–Kier alpha value is -1.94. The van der Waals surface area contributed by atoms with Gasteiger partial charge in [0.25, 0.3) is 0 Å². The zero-order valence-corrected chi connectivity index (χ0v) is 12.5. The van der Waals surface area contributed by atoms with E-state index in [9.17, 15) is 0 Å². The smallest absolute Gasteiger partial charge is 0.157 e. The number of rotatable bonds is 5. The summed E-state index contributed by atoms with van der Waals surface area (Å²) in [5, 5.41) is 3.07. The Morgan fingerprint density at radius 1 is 1.10 bits per heavy atom. The molecular formula is C16H21N3O. The first-order valence-corrected chi connectivity index (χ1v) is 6.85. The summed E-state index contributed by atoms with van der Waals surface area (Å²) in [6.45, 7) is 7.28. The van der Waals surface area contributed by atoms with Gasteiger partial charge in [-0.2, -0.15) is 0 Å². The van der Waals surface area contributed by atoms with E-state index in [0.29, 0.717) is 19.0 Å². The number of aryl methyl sites for hydroxylation is 2. The van der Waals surface area contributed by atoms with Crippen LogP contribution in [0.3, 0.4) is 0 Å². The molecule has 1 heterocycles. The summed E-state index contributed by atoms with van der Waals surface area (Å²) in [6, 6.07) is 8.32. The third-order valence-electron chi connectivity index (χ3n) is 3.27. The average Bonchev–Trinajstić information content (AvgIpc) is 2.47. The fourth-order valence-corrected chi connectivity index (χ4v) is 1.93. The molecule has 0 saturated carbocycles. The largest absolute Gasteiger partial charge is 0.374 e. The van der Waals surface area contributed by atoms with E-state index in [4.69, 9.17) is 4.74 Å². The predicted octanol–water partition coefficient (Wildman–Crippen LogP) is 3.34. The van der Waals surface area contributed by atoms with Crippen molar-refractivity contribution in [1.82, 2.24) is 9.97 Å². The molecule has 0 aliphatic heterocycles. The van der Waals surface area contributed by atoms with Crippen molar-refractivity contribution < 1.29 is 4.74 Å². The molecule has 0 saturated heterocycles. The highest BCUT2D eigenvalue weighted by atomic mass is 16.5. The second-order valence-electron chi connectivity index (χ2n) is 4.74. The molecule has 0 spiro atoms. The molecule has 4 nitrogen and oxygen atoms in total. The Bertz CT molecular complexity index is 596. The molecule has 0 aliphatic carbocycles. The first-order chi connectivity index (χ1) is 9.63. The summed E-state index contributed by atoms with van der Waals surface area (Å²) in [4.78, 5) is 8.99. The minimum atomic E-state index is 0.434. The van der Waals surface area contributed by atoms with Gasteiger partial charge in [-0.15, -0.1) is 0 Å². The number of nitrogens with one attached hydrogen (secondary N) is 1. The summed E-state index contributed by atoms with van der Waals surface area (Å²) >= 11 is 0. The van der Waals surface area contributed by atoms with Crippen LogP contribution in [0.2, 0.25) is 0 Å². The lowest BCUT2D eigenvalue weighted by Gasteiger charge is -2.09. The number of anilines is 1. The van der Waals surface area contributed by atoms with Crippen molar-refractivity contribution in [2.75, 3.05) is 19.0 Å². The van der Waals surface area contributed by atoms with E-state index in [1.807, 2.05) is 20.0 Å². The number of nitrogens with zero attached hydrogens (tertiary/aromatic N) is 2. The highest BCUT2D eigenvalue weighted by molar-refractivity contribution is 5.63. The average molecular weight is 271 g/mol. The highest BCUT2D eigenvalue weighted by Crippen LogP contribution is 2.22. The number of hydrogen-bond acceptors (Lipinski definition) is 4. The SMILES string of the molecule is CCOCc1nc(NC)cc(-c2ccc(C)c(C)c2)n1. The van der Waals surface area contributed by atoms with Gasteiger partial charge < -0.3 is 10.1 Å². The molecule has 1 aromatic heterocycles. The van der Waals surface area contributed by atoms with Crippen molar-refractivity contribution >= 4 is 5.82 Å². The van der Waals surface area contributed by atoms with Gasteiger partial charge in [-0.1, -0.05) is 12.1 Å². The second kappa shape index (κ2) is 6.48. The summed E-state index contributed by atoms with van der Waals surface area (Å²) < 4.78 is 5.40. The van der Waals surface area contributed by atoms with E-state index in [1.165, 1.54) is 11.1 Å². The van der Waals surface area contributed by atoms with E-state index in [-0.39, 0.29) is 0 Å². The normalized spacial score (nSPS) is 10.6. The Morgan fingerprint density at radius 3 is 2.55 bits per heavy atom. The zero-order valence-electron chi connectivity index (χ0n) is 12.5. The maximum absolute atomic E-state index is 5.40. The standard InChI is InChI=1S/C16H21N3O/c1-5-20-10-16-18-14(9-15(17-4)19-16)13-7-6-11(2)12(3)8-13/h6-9H,5,10H2,1-4H3,(H,17,18,19). The maximum atomic E-state index is 5.40. The molecule has 2 rings (SSSR count).